The standard InChI is InChI=1S/C14H20FN3/c1-10(6-7-17-3)8-14(11(2)9-16)18-13-5-4-12(13)15/h4-5,8-9,17H,6-7,16H2,1-3H3/b10-8+,11-9?,18-14?. The lowest BCUT2D eigenvalue weighted by Crippen LogP contribution is -2.09. The quantitative estimate of drug-likeness (QED) is 0.711. The van der Waals surface area contributed by atoms with E-state index in [0.717, 1.165) is 18.5 Å². The zero-order chi connectivity index (χ0) is 13.5. The van der Waals surface area contributed by atoms with Crippen molar-refractivity contribution >= 4 is 5.71 Å². The first-order valence-corrected chi connectivity index (χ1v) is 5.95. The van der Waals surface area contributed by atoms with Crippen LogP contribution in [0.4, 0.5) is 4.39 Å². The van der Waals surface area contributed by atoms with Crippen molar-refractivity contribution < 1.29 is 4.39 Å². The summed E-state index contributed by atoms with van der Waals surface area (Å²) in [6, 6.07) is 0. The van der Waals surface area contributed by atoms with Crippen molar-refractivity contribution in [3.63, 3.8) is 0 Å². The molecule has 18 heavy (non-hydrogen) atoms. The van der Waals surface area contributed by atoms with Crippen LogP contribution in [-0.2, 0) is 0 Å². The van der Waals surface area contributed by atoms with Crippen LogP contribution in [0.25, 0.3) is 0 Å². The molecule has 98 valence electrons. The SMILES string of the molecule is CNCC/C(C)=C/C(=NC1=CC=C1F)C(C)=CN. The molecule has 0 atom stereocenters. The summed E-state index contributed by atoms with van der Waals surface area (Å²) in [5, 5.41) is 3.08. The van der Waals surface area contributed by atoms with Gasteiger partial charge in [0.25, 0.3) is 0 Å². The number of rotatable bonds is 6. The number of aliphatic imine (C=N–C) groups is 1. The van der Waals surface area contributed by atoms with Crippen LogP contribution >= 0.6 is 0 Å². The smallest absolute Gasteiger partial charge is 0.148 e. The third kappa shape index (κ3) is 3.96. The predicted molar refractivity (Wildman–Crippen MR) is 75.0 cm³/mol. The molecule has 0 aromatic heterocycles. The lowest BCUT2D eigenvalue weighted by molar-refractivity contribution is 0.638. The Labute approximate surface area is 108 Å². The van der Waals surface area contributed by atoms with Crippen LogP contribution in [0.5, 0.6) is 0 Å². The summed E-state index contributed by atoms with van der Waals surface area (Å²) in [6.07, 6.45) is 7.40. The van der Waals surface area contributed by atoms with Gasteiger partial charge in [-0.15, -0.1) is 0 Å². The lowest BCUT2D eigenvalue weighted by atomic mass is 10.1. The van der Waals surface area contributed by atoms with E-state index in [1.54, 1.807) is 6.08 Å². The van der Waals surface area contributed by atoms with Crippen molar-refractivity contribution in [2.75, 3.05) is 13.6 Å². The maximum atomic E-state index is 13.1. The first-order valence-electron chi connectivity index (χ1n) is 5.95. The highest BCUT2D eigenvalue weighted by Gasteiger charge is 2.11. The number of hydrogen-bond donors (Lipinski definition) is 2. The van der Waals surface area contributed by atoms with Gasteiger partial charge in [-0.3, -0.25) is 0 Å². The fourth-order valence-corrected chi connectivity index (χ4v) is 1.39. The van der Waals surface area contributed by atoms with Crippen LogP contribution in [0.2, 0.25) is 0 Å². The van der Waals surface area contributed by atoms with Gasteiger partial charge in [0.1, 0.15) is 5.83 Å². The minimum absolute atomic E-state index is 0.279. The molecule has 0 aromatic rings. The fourth-order valence-electron chi connectivity index (χ4n) is 1.39. The van der Waals surface area contributed by atoms with E-state index in [0.29, 0.717) is 11.4 Å². The topological polar surface area (TPSA) is 50.4 Å². The van der Waals surface area contributed by atoms with Crippen molar-refractivity contribution in [2.45, 2.75) is 20.3 Å². The number of nitrogens with one attached hydrogen (secondary N) is 1. The van der Waals surface area contributed by atoms with Gasteiger partial charge < -0.3 is 11.1 Å². The van der Waals surface area contributed by atoms with Crippen LogP contribution in [-0.4, -0.2) is 19.3 Å². The van der Waals surface area contributed by atoms with E-state index in [1.165, 1.54) is 17.8 Å². The molecule has 1 rings (SSSR count). The highest BCUT2D eigenvalue weighted by molar-refractivity contribution is 6.09. The minimum Gasteiger partial charge on any atom is -0.404 e. The van der Waals surface area contributed by atoms with E-state index < -0.39 is 0 Å². The molecule has 0 spiro atoms. The molecule has 0 fully saturated rings. The minimum atomic E-state index is -0.279. The molecule has 0 unspecified atom stereocenters. The lowest BCUT2D eigenvalue weighted by Gasteiger charge is -2.09. The molecule has 0 radical (unpaired) electrons. The molecular formula is C14H20FN3. The third-order valence-electron chi connectivity index (χ3n) is 2.68. The second-order valence-electron chi connectivity index (χ2n) is 4.26. The first kappa shape index (κ1) is 14.4. The zero-order valence-corrected chi connectivity index (χ0v) is 11.1. The Morgan fingerprint density at radius 3 is 2.61 bits per heavy atom. The molecule has 1 aliphatic carbocycles. The van der Waals surface area contributed by atoms with Crippen LogP contribution in [0.15, 0.2) is 52.1 Å². The summed E-state index contributed by atoms with van der Waals surface area (Å²) in [4.78, 5) is 4.27. The summed E-state index contributed by atoms with van der Waals surface area (Å²) >= 11 is 0. The van der Waals surface area contributed by atoms with E-state index in [4.69, 9.17) is 5.73 Å². The van der Waals surface area contributed by atoms with Crippen LogP contribution < -0.4 is 11.1 Å². The highest BCUT2D eigenvalue weighted by atomic mass is 19.1. The van der Waals surface area contributed by atoms with Gasteiger partial charge in [0.2, 0.25) is 0 Å². The molecule has 1 aliphatic rings. The van der Waals surface area contributed by atoms with E-state index in [-0.39, 0.29) is 5.83 Å². The Hall–Kier alpha value is -1.68. The molecule has 0 saturated heterocycles. The largest absolute Gasteiger partial charge is 0.404 e. The number of allylic oxidation sites excluding steroid dienone is 5. The van der Waals surface area contributed by atoms with E-state index in [2.05, 4.69) is 10.3 Å². The van der Waals surface area contributed by atoms with E-state index in [1.807, 2.05) is 27.0 Å². The van der Waals surface area contributed by atoms with Crippen molar-refractivity contribution in [1.29, 1.82) is 0 Å². The number of halogens is 1. The van der Waals surface area contributed by atoms with Crippen LogP contribution in [0.3, 0.4) is 0 Å². The summed E-state index contributed by atoms with van der Waals surface area (Å²) in [7, 11) is 1.91. The molecule has 0 aliphatic heterocycles. The number of nitrogens with two attached hydrogens (primary N) is 1. The maximum absolute atomic E-state index is 13.1. The van der Waals surface area contributed by atoms with Gasteiger partial charge in [0.15, 0.2) is 0 Å². The summed E-state index contributed by atoms with van der Waals surface area (Å²) in [5.74, 6) is -0.279. The second-order valence-corrected chi connectivity index (χ2v) is 4.26. The summed E-state index contributed by atoms with van der Waals surface area (Å²) in [5.41, 5.74) is 8.60. The monoisotopic (exact) mass is 249 g/mol. The molecule has 3 N–H and O–H groups in total. The second kappa shape index (κ2) is 6.91. The average molecular weight is 249 g/mol. The molecule has 4 heteroatoms. The molecule has 0 heterocycles. The Morgan fingerprint density at radius 1 is 1.44 bits per heavy atom. The van der Waals surface area contributed by atoms with Gasteiger partial charge in [0, 0.05) is 0 Å². The third-order valence-corrected chi connectivity index (χ3v) is 2.68. The van der Waals surface area contributed by atoms with E-state index >= 15 is 0 Å². The molecule has 0 amide bonds. The molecule has 0 saturated carbocycles. The molecule has 0 bridgehead atoms. The van der Waals surface area contributed by atoms with Gasteiger partial charge in [-0.1, -0.05) is 5.57 Å². The summed E-state index contributed by atoms with van der Waals surface area (Å²) < 4.78 is 13.1. The number of nitrogens with zero attached hydrogens (tertiary/aromatic N) is 1. The zero-order valence-electron chi connectivity index (χ0n) is 11.1. The van der Waals surface area contributed by atoms with Gasteiger partial charge >= 0.3 is 0 Å². The van der Waals surface area contributed by atoms with Crippen LogP contribution in [0, 0.1) is 0 Å². The average Bonchev–Trinajstić information content (AvgIpc) is 2.38. The predicted octanol–water partition coefficient (Wildman–Crippen LogP) is 2.60. The maximum Gasteiger partial charge on any atom is 0.148 e. The van der Waals surface area contributed by atoms with E-state index in [9.17, 15) is 4.39 Å². The Kier molecular flexibility index (Phi) is 5.52. The summed E-state index contributed by atoms with van der Waals surface area (Å²) in [6.45, 7) is 4.79. The van der Waals surface area contributed by atoms with Gasteiger partial charge in [-0.05, 0) is 63.9 Å². The number of hydrogen-bond acceptors (Lipinski definition) is 3. The Bertz CT molecular complexity index is 454. The van der Waals surface area contributed by atoms with Crippen LogP contribution in [0.1, 0.15) is 20.3 Å². The van der Waals surface area contributed by atoms with Gasteiger partial charge in [0.05, 0.1) is 11.4 Å². The van der Waals surface area contributed by atoms with Gasteiger partial charge in [-0.25, -0.2) is 9.38 Å². The fraction of sp³-hybridized carbons (Fsp3) is 0.357. The van der Waals surface area contributed by atoms with Crippen molar-refractivity contribution in [1.82, 2.24) is 5.32 Å². The molecule has 0 aromatic carbocycles. The van der Waals surface area contributed by atoms with Crippen molar-refractivity contribution in [3.05, 3.63) is 47.1 Å². The highest BCUT2D eigenvalue weighted by Crippen LogP contribution is 2.23. The molecule has 3 nitrogen and oxygen atoms in total. The molecular weight excluding hydrogens is 229 g/mol. The first-order chi connectivity index (χ1) is 8.58. The Balaban J connectivity index is 2.86. The van der Waals surface area contributed by atoms with Gasteiger partial charge in [-0.2, -0.15) is 0 Å². The van der Waals surface area contributed by atoms with Crippen molar-refractivity contribution in [3.8, 4) is 0 Å². The normalized spacial score (nSPS) is 17.2. The Morgan fingerprint density at radius 2 is 2.17 bits per heavy atom. The van der Waals surface area contributed by atoms with Crippen molar-refractivity contribution in [2.24, 2.45) is 10.7 Å².